The van der Waals surface area contributed by atoms with E-state index >= 15 is 0 Å². The van der Waals surface area contributed by atoms with Gasteiger partial charge in [0.2, 0.25) is 0 Å². The van der Waals surface area contributed by atoms with E-state index in [1.165, 1.54) is 0 Å². The molecule has 0 radical (unpaired) electrons. The molecule has 0 saturated carbocycles. The van der Waals surface area contributed by atoms with Crippen LogP contribution in [0.1, 0.15) is 5.56 Å². The zero-order valence-corrected chi connectivity index (χ0v) is 18.6. The Morgan fingerprint density at radius 3 is 2.66 bits per heavy atom. The third-order valence-corrected chi connectivity index (χ3v) is 6.74. The fourth-order valence-electron chi connectivity index (χ4n) is 3.90. The number of anilines is 2. The maximum atomic E-state index is 13.0. The fourth-order valence-corrected chi connectivity index (χ4v) is 4.70. The Morgan fingerprint density at radius 1 is 1.00 bits per heavy atom. The van der Waals surface area contributed by atoms with Crippen molar-refractivity contribution in [3.8, 4) is 11.3 Å². The largest absolute Gasteiger partial charge is 0.378 e. The zero-order chi connectivity index (χ0) is 21.9. The summed E-state index contributed by atoms with van der Waals surface area (Å²) in [6, 6.07) is 20.0. The van der Waals surface area contributed by atoms with Crippen LogP contribution in [0.2, 0.25) is 0 Å². The van der Waals surface area contributed by atoms with Crippen LogP contribution in [0.5, 0.6) is 0 Å². The molecule has 0 amide bonds. The summed E-state index contributed by atoms with van der Waals surface area (Å²) in [6.45, 7) is 5.12. The molecule has 32 heavy (non-hydrogen) atoms. The number of morpholine rings is 1. The van der Waals surface area contributed by atoms with Gasteiger partial charge >= 0.3 is 0 Å². The summed E-state index contributed by atoms with van der Waals surface area (Å²) in [5.74, 6) is 0.883. The molecule has 4 aromatic rings. The molecular weight excluding hydrogens is 420 g/mol. The van der Waals surface area contributed by atoms with Crippen LogP contribution in [0.25, 0.3) is 22.0 Å². The van der Waals surface area contributed by atoms with Gasteiger partial charge in [-0.2, -0.15) is 0 Å². The minimum atomic E-state index is -1.42. The van der Waals surface area contributed by atoms with Crippen molar-refractivity contribution in [3.05, 3.63) is 78.6 Å². The zero-order valence-electron chi connectivity index (χ0n) is 17.8. The molecular formula is C25H24N4O2S. The van der Waals surface area contributed by atoms with E-state index in [9.17, 15) is 4.21 Å². The second-order valence-corrected chi connectivity index (χ2v) is 8.95. The van der Waals surface area contributed by atoms with Crippen molar-refractivity contribution in [2.24, 2.45) is 0 Å². The van der Waals surface area contributed by atoms with Gasteiger partial charge in [-0.15, -0.1) is 0 Å². The summed E-state index contributed by atoms with van der Waals surface area (Å²) in [5.41, 5.74) is 3.83. The minimum absolute atomic E-state index is 0.632. The van der Waals surface area contributed by atoms with Gasteiger partial charge in [0.25, 0.3) is 0 Å². The van der Waals surface area contributed by atoms with Crippen molar-refractivity contribution in [1.82, 2.24) is 9.97 Å². The molecule has 0 spiro atoms. The summed E-state index contributed by atoms with van der Waals surface area (Å²) in [5, 5.41) is 2.24. The molecule has 3 heterocycles. The van der Waals surface area contributed by atoms with Gasteiger partial charge in [0.1, 0.15) is 5.82 Å². The maximum absolute atomic E-state index is 13.0. The molecule has 1 N–H and O–H groups in total. The number of benzene rings is 2. The average Bonchev–Trinajstić information content (AvgIpc) is 2.85. The SMILES string of the molecule is Cc1ccc(NS(=O)c2ccc(N3CCOCC3)nc2)cc1-c1nccc2ccccc12. The number of rotatable bonds is 5. The van der Waals surface area contributed by atoms with Gasteiger partial charge in [-0.3, -0.25) is 4.98 Å². The Kier molecular flexibility index (Phi) is 5.83. The van der Waals surface area contributed by atoms with E-state index in [0.29, 0.717) is 18.1 Å². The van der Waals surface area contributed by atoms with Gasteiger partial charge in [-0.1, -0.05) is 30.3 Å². The molecule has 1 unspecified atom stereocenters. The molecule has 162 valence electrons. The van der Waals surface area contributed by atoms with Gasteiger partial charge in [-0.05, 0) is 48.2 Å². The number of pyridine rings is 2. The van der Waals surface area contributed by atoms with Crippen LogP contribution in [-0.4, -0.2) is 40.5 Å². The Labute approximate surface area is 189 Å². The van der Waals surface area contributed by atoms with Crippen LogP contribution >= 0.6 is 0 Å². The molecule has 1 aliphatic rings. The predicted octanol–water partition coefficient (Wildman–Crippen LogP) is 4.58. The number of fused-ring (bicyclic) bond motifs is 1. The molecule has 1 atom stereocenters. The van der Waals surface area contributed by atoms with Gasteiger partial charge in [0, 0.05) is 42.1 Å². The highest BCUT2D eigenvalue weighted by atomic mass is 32.2. The molecule has 0 aliphatic carbocycles. The van der Waals surface area contributed by atoms with Crippen LogP contribution in [0.3, 0.4) is 0 Å². The highest BCUT2D eigenvalue weighted by Gasteiger charge is 2.14. The molecule has 6 nitrogen and oxygen atoms in total. The molecule has 1 aliphatic heterocycles. The molecule has 7 heteroatoms. The first-order valence-electron chi connectivity index (χ1n) is 10.6. The highest BCUT2D eigenvalue weighted by Crippen LogP contribution is 2.31. The quantitative estimate of drug-likeness (QED) is 0.488. The number of hydrogen-bond donors (Lipinski definition) is 1. The van der Waals surface area contributed by atoms with Crippen molar-refractivity contribution in [2.75, 3.05) is 35.9 Å². The Morgan fingerprint density at radius 2 is 1.84 bits per heavy atom. The first-order valence-corrected chi connectivity index (χ1v) is 11.8. The monoisotopic (exact) mass is 444 g/mol. The number of nitrogens with one attached hydrogen (secondary N) is 1. The van der Waals surface area contributed by atoms with Crippen molar-refractivity contribution < 1.29 is 8.95 Å². The highest BCUT2D eigenvalue weighted by molar-refractivity contribution is 7.86. The van der Waals surface area contributed by atoms with Crippen LogP contribution in [0, 0.1) is 6.92 Å². The third-order valence-electron chi connectivity index (χ3n) is 5.65. The second kappa shape index (κ2) is 9.06. The number of nitrogens with zero attached hydrogens (tertiary/aromatic N) is 3. The lowest BCUT2D eigenvalue weighted by Gasteiger charge is -2.27. The van der Waals surface area contributed by atoms with Crippen LogP contribution in [-0.2, 0) is 15.7 Å². The van der Waals surface area contributed by atoms with Crippen molar-refractivity contribution in [1.29, 1.82) is 0 Å². The Bertz CT molecular complexity index is 1270. The second-order valence-electron chi connectivity index (χ2n) is 7.73. The molecule has 5 rings (SSSR count). The van der Waals surface area contributed by atoms with Crippen molar-refractivity contribution in [2.45, 2.75) is 11.8 Å². The molecule has 1 saturated heterocycles. The molecule has 0 bridgehead atoms. The summed E-state index contributed by atoms with van der Waals surface area (Å²) in [7, 11) is -1.42. The first-order chi connectivity index (χ1) is 15.7. The van der Waals surface area contributed by atoms with E-state index in [-0.39, 0.29) is 0 Å². The van der Waals surface area contributed by atoms with Crippen LogP contribution in [0.4, 0.5) is 11.5 Å². The summed E-state index contributed by atoms with van der Waals surface area (Å²) >= 11 is 0. The minimum Gasteiger partial charge on any atom is -0.378 e. The van der Waals surface area contributed by atoms with Gasteiger partial charge in [-0.25, -0.2) is 9.19 Å². The van der Waals surface area contributed by atoms with E-state index in [1.807, 2.05) is 54.7 Å². The summed E-state index contributed by atoms with van der Waals surface area (Å²) < 4.78 is 21.5. The van der Waals surface area contributed by atoms with E-state index in [1.54, 1.807) is 6.20 Å². The lowest BCUT2D eigenvalue weighted by atomic mass is 10.00. The maximum Gasteiger partial charge on any atom is 0.151 e. The van der Waals surface area contributed by atoms with E-state index in [0.717, 1.165) is 52.2 Å². The van der Waals surface area contributed by atoms with E-state index in [4.69, 9.17) is 4.74 Å². The lowest BCUT2D eigenvalue weighted by Crippen LogP contribution is -2.36. The third kappa shape index (κ3) is 4.22. The summed E-state index contributed by atoms with van der Waals surface area (Å²) in [4.78, 5) is 12.0. The van der Waals surface area contributed by atoms with Crippen molar-refractivity contribution in [3.63, 3.8) is 0 Å². The number of hydrogen-bond acceptors (Lipinski definition) is 5. The van der Waals surface area contributed by atoms with Crippen molar-refractivity contribution >= 4 is 33.3 Å². The van der Waals surface area contributed by atoms with Gasteiger partial charge in [0.15, 0.2) is 11.0 Å². The van der Waals surface area contributed by atoms with Crippen LogP contribution in [0.15, 0.2) is 78.0 Å². The average molecular weight is 445 g/mol. The topological polar surface area (TPSA) is 67.4 Å². The Balaban J connectivity index is 1.38. The number of aryl methyl sites for hydroxylation is 1. The Hall–Kier alpha value is -3.29. The van der Waals surface area contributed by atoms with Gasteiger partial charge in [0.05, 0.1) is 23.8 Å². The standard InChI is InChI=1S/C25H24N4O2S/c1-18-6-7-20(16-23(18)25-22-5-3-2-4-19(22)10-11-26-25)28-32(30)21-8-9-24(27-17-21)29-12-14-31-15-13-29/h2-11,16-17,28H,12-15H2,1H3. The fraction of sp³-hybridized carbons (Fsp3) is 0.200. The molecule has 2 aromatic heterocycles. The molecule has 2 aromatic carbocycles. The van der Waals surface area contributed by atoms with E-state index < -0.39 is 11.0 Å². The number of ether oxygens (including phenoxy) is 1. The molecule has 1 fully saturated rings. The predicted molar refractivity (Wildman–Crippen MR) is 129 cm³/mol. The van der Waals surface area contributed by atoms with Gasteiger partial charge < -0.3 is 14.4 Å². The lowest BCUT2D eigenvalue weighted by molar-refractivity contribution is 0.122. The smallest absolute Gasteiger partial charge is 0.151 e. The number of aromatic nitrogens is 2. The summed E-state index contributed by atoms with van der Waals surface area (Å²) in [6.07, 6.45) is 3.51. The van der Waals surface area contributed by atoms with Crippen LogP contribution < -0.4 is 9.62 Å². The van der Waals surface area contributed by atoms with E-state index in [2.05, 4.69) is 38.6 Å². The first kappa shape index (κ1) is 20.6. The normalized spacial score (nSPS) is 15.0.